The zero-order chi connectivity index (χ0) is 15.0. The molecule has 3 atom stereocenters. The first kappa shape index (κ1) is 16.8. The summed E-state index contributed by atoms with van der Waals surface area (Å²) in [5, 5.41) is 41.8. The Morgan fingerprint density at radius 2 is 1.47 bits per heavy atom. The van der Waals surface area contributed by atoms with Crippen LogP contribution in [0, 0.1) is 0 Å². The van der Waals surface area contributed by atoms with Gasteiger partial charge in [0.25, 0.3) is 0 Å². The summed E-state index contributed by atoms with van der Waals surface area (Å²) in [6, 6.07) is 0. The lowest BCUT2D eigenvalue weighted by molar-refractivity contribution is -0.0249. The van der Waals surface area contributed by atoms with Gasteiger partial charge in [0.1, 0.15) is 17.9 Å². The highest BCUT2D eigenvalue weighted by Crippen LogP contribution is 2.02. The van der Waals surface area contributed by atoms with Gasteiger partial charge in [0, 0.05) is 0 Å². The van der Waals surface area contributed by atoms with E-state index in [0.717, 1.165) is 6.21 Å². The van der Waals surface area contributed by atoms with Crippen LogP contribution in [0.2, 0.25) is 0 Å². The molecular weight excluding hydrogens is 256 g/mol. The predicted octanol–water partition coefficient (Wildman–Crippen LogP) is -4.02. The third kappa shape index (κ3) is 6.92. The second-order valence-electron chi connectivity index (χ2n) is 3.50. The fourth-order valence-electron chi connectivity index (χ4n) is 0.870. The third-order valence-electron chi connectivity index (χ3n) is 1.76. The van der Waals surface area contributed by atoms with Crippen LogP contribution in [-0.2, 0) is 0 Å². The molecule has 0 saturated heterocycles. The second-order valence-corrected chi connectivity index (χ2v) is 3.50. The van der Waals surface area contributed by atoms with Crippen LogP contribution in [0.15, 0.2) is 20.4 Å². The normalized spacial score (nSPS) is 16.7. The number of aliphatic hydroxyl groups excluding tert-OH is 3. The molecule has 11 N–H and O–H groups in total. The van der Waals surface area contributed by atoms with Crippen molar-refractivity contribution in [1.29, 1.82) is 0 Å². The summed E-state index contributed by atoms with van der Waals surface area (Å²) in [6.45, 7) is 1.28. The molecular formula is C8H18N8O3. The average Bonchev–Trinajstić information content (AvgIpc) is 2.30. The summed E-state index contributed by atoms with van der Waals surface area (Å²) < 4.78 is 0. The van der Waals surface area contributed by atoms with E-state index in [0.29, 0.717) is 0 Å². The molecule has 0 rings (SSSR count). The lowest BCUT2D eigenvalue weighted by Crippen LogP contribution is -2.41. The Labute approximate surface area is 109 Å². The molecule has 19 heavy (non-hydrogen) atoms. The van der Waals surface area contributed by atoms with Crippen molar-refractivity contribution in [1.82, 2.24) is 0 Å². The van der Waals surface area contributed by atoms with Gasteiger partial charge >= 0.3 is 0 Å². The van der Waals surface area contributed by atoms with Gasteiger partial charge in [-0.2, -0.15) is 5.10 Å². The number of hydrogen-bond donors (Lipinski definition) is 7. The van der Waals surface area contributed by atoms with Gasteiger partial charge in [0.2, 0.25) is 11.9 Å². The minimum absolute atomic E-state index is 0.244. The Morgan fingerprint density at radius 3 is 1.89 bits per heavy atom. The number of aliphatic hydroxyl groups is 3. The van der Waals surface area contributed by atoms with Crippen LogP contribution in [0.3, 0.4) is 0 Å². The van der Waals surface area contributed by atoms with Crippen LogP contribution < -0.4 is 22.9 Å². The molecule has 3 unspecified atom stereocenters. The van der Waals surface area contributed by atoms with E-state index < -0.39 is 18.3 Å². The molecule has 0 amide bonds. The van der Waals surface area contributed by atoms with E-state index in [1.807, 2.05) is 0 Å². The summed E-state index contributed by atoms with van der Waals surface area (Å²) in [6.07, 6.45) is -3.38. The first-order chi connectivity index (χ1) is 8.75. The maximum Gasteiger partial charge on any atom is 0.211 e. The number of guanidine groups is 2. The molecule has 0 aromatic carbocycles. The van der Waals surface area contributed by atoms with Crippen molar-refractivity contribution in [2.24, 2.45) is 43.3 Å². The molecule has 0 aliphatic carbocycles. The number of rotatable bonds is 6. The lowest BCUT2D eigenvalue weighted by atomic mass is 10.1. The molecule has 0 fully saturated rings. The second kappa shape index (κ2) is 7.97. The topological polar surface area (TPSA) is 214 Å². The SMILES string of the molecule is CC(O)C(O)C(O)C(/C=N/N=C(N)N)=N/N=C(N)N. The van der Waals surface area contributed by atoms with Gasteiger partial charge in [0.15, 0.2) is 0 Å². The largest absolute Gasteiger partial charge is 0.391 e. The van der Waals surface area contributed by atoms with Crippen molar-refractivity contribution in [3.63, 3.8) is 0 Å². The molecule has 11 nitrogen and oxygen atoms in total. The minimum atomic E-state index is -1.58. The third-order valence-corrected chi connectivity index (χ3v) is 1.76. The average molecular weight is 274 g/mol. The van der Waals surface area contributed by atoms with Gasteiger partial charge in [-0.1, -0.05) is 0 Å². The molecule has 0 aliphatic rings. The van der Waals surface area contributed by atoms with Crippen molar-refractivity contribution in [2.45, 2.75) is 25.2 Å². The fourth-order valence-corrected chi connectivity index (χ4v) is 0.870. The maximum atomic E-state index is 9.73. The Balaban J connectivity index is 5.18. The molecule has 0 aliphatic heterocycles. The van der Waals surface area contributed by atoms with E-state index in [1.165, 1.54) is 6.92 Å². The molecule has 0 spiro atoms. The van der Waals surface area contributed by atoms with E-state index in [2.05, 4.69) is 20.4 Å². The van der Waals surface area contributed by atoms with Crippen molar-refractivity contribution >= 4 is 23.8 Å². The standard InChI is InChI=1S/C8H18N8O3/c1-3(17)5(18)6(19)4(14-16-8(11)12)2-13-15-7(9)10/h2-3,5-6,17-19H,1H3,(H4,9,10,15)(H4,11,12,16)/b13-2+,14-4+. The number of nitrogens with two attached hydrogens (primary N) is 4. The zero-order valence-corrected chi connectivity index (χ0v) is 10.2. The smallest absolute Gasteiger partial charge is 0.211 e. The maximum absolute atomic E-state index is 9.73. The monoisotopic (exact) mass is 274 g/mol. The fraction of sp³-hybridized carbons (Fsp3) is 0.500. The Morgan fingerprint density at radius 1 is 0.947 bits per heavy atom. The van der Waals surface area contributed by atoms with Crippen LogP contribution in [-0.4, -0.2) is 57.5 Å². The van der Waals surface area contributed by atoms with Gasteiger partial charge in [-0.25, -0.2) is 0 Å². The van der Waals surface area contributed by atoms with Gasteiger partial charge < -0.3 is 38.3 Å². The Hall–Kier alpha value is -2.24. The molecule has 108 valence electrons. The van der Waals surface area contributed by atoms with Crippen molar-refractivity contribution < 1.29 is 15.3 Å². The van der Waals surface area contributed by atoms with E-state index in [1.54, 1.807) is 0 Å². The van der Waals surface area contributed by atoms with Crippen molar-refractivity contribution in [3.8, 4) is 0 Å². The molecule has 11 heteroatoms. The molecule has 0 bridgehead atoms. The number of nitrogens with zero attached hydrogens (tertiary/aromatic N) is 4. The van der Waals surface area contributed by atoms with E-state index >= 15 is 0 Å². The molecule has 0 radical (unpaired) electrons. The molecule has 0 heterocycles. The van der Waals surface area contributed by atoms with Crippen LogP contribution >= 0.6 is 0 Å². The van der Waals surface area contributed by atoms with Crippen LogP contribution in [0.1, 0.15) is 6.92 Å². The highest BCUT2D eigenvalue weighted by Gasteiger charge is 2.25. The number of hydrogen-bond acceptors (Lipinski definition) is 7. The van der Waals surface area contributed by atoms with E-state index in [9.17, 15) is 10.2 Å². The summed E-state index contributed by atoms with van der Waals surface area (Å²) in [5.74, 6) is -0.686. The van der Waals surface area contributed by atoms with Gasteiger partial charge in [-0.05, 0) is 6.92 Å². The van der Waals surface area contributed by atoms with Gasteiger partial charge in [-0.15, -0.1) is 15.3 Å². The Bertz CT molecular complexity index is 395. The lowest BCUT2D eigenvalue weighted by Gasteiger charge is -2.19. The summed E-state index contributed by atoms with van der Waals surface area (Å²) >= 11 is 0. The Kier molecular flexibility index (Phi) is 7.03. The zero-order valence-electron chi connectivity index (χ0n) is 10.2. The summed E-state index contributed by atoms with van der Waals surface area (Å²) in [7, 11) is 0. The van der Waals surface area contributed by atoms with E-state index in [-0.39, 0.29) is 17.6 Å². The van der Waals surface area contributed by atoms with Crippen molar-refractivity contribution in [2.75, 3.05) is 0 Å². The van der Waals surface area contributed by atoms with Crippen LogP contribution in [0.25, 0.3) is 0 Å². The minimum Gasteiger partial charge on any atom is -0.391 e. The van der Waals surface area contributed by atoms with Crippen molar-refractivity contribution in [3.05, 3.63) is 0 Å². The van der Waals surface area contributed by atoms with Crippen LogP contribution in [0.4, 0.5) is 0 Å². The first-order valence-electron chi connectivity index (χ1n) is 5.08. The predicted molar refractivity (Wildman–Crippen MR) is 71.2 cm³/mol. The first-order valence-corrected chi connectivity index (χ1v) is 5.08. The quantitative estimate of drug-likeness (QED) is 0.144. The van der Waals surface area contributed by atoms with Gasteiger partial charge in [-0.3, -0.25) is 0 Å². The molecule has 0 saturated carbocycles. The summed E-state index contributed by atoms with van der Waals surface area (Å²) in [5.41, 5.74) is 20.0. The molecule has 0 aromatic rings. The highest BCUT2D eigenvalue weighted by molar-refractivity contribution is 6.32. The molecule has 0 aromatic heterocycles. The highest BCUT2D eigenvalue weighted by atomic mass is 16.4. The van der Waals surface area contributed by atoms with Gasteiger partial charge in [0.05, 0.1) is 12.3 Å². The van der Waals surface area contributed by atoms with E-state index in [4.69, 9.17) is 28.0 Å². The van der Waals surface area contributed by atoms with Crippen LogP contribution in [0.5, 0.6) is 0 Å². The summed E-state index contributed by atoms with van der Waals surface area (Å²) in [4.78, 5) is 0.